The maximum atomic E-state index is 13.7. The molecular weight excluding hydrogens is 387 g/mol. The summed E-state index contributed by atoms with van der Waals surface area (Å²) >= 11 is 0. The summed E-state index contributed by atoms with van der Waals surface area (Å²) in [5, 5.41) is 0. The number of allylic oxidation sites excluding steroid dienone is 3. The van der Waals surface area contributed by atoms with Crippen molar-refractivity contribution in [2.75, 3.05) is 0 Å². The van der Waals surface area contributed by atoms with Crippen LogP contribution in [0, 0.1) is 24.6 Å². The number of unbranched alkanes of at least 4 members (excludes halogenated alkanes) is 1. The van der Waals surface area contributed by atoms with Crippen molar-refractivity contribution in [1.82, 2.24) is 0 Å². The Morgan fingerprint density at radius 1 is 1.23 bits per heavy atom. The lowest BCUT2D eigenvalue weighted by Crippen LogP contribution is -2.24. The highest BCUT2D eigenvalue weighted by atomic mass is 19.1. The van der Waals surface area contributed by atoms with Crippen LogP contribution in [0.4, 0.5) is 4.39 Å². The average molecular weight is 421 g/mol. The average Bonchev–Trinajstić information content (AvgIpc) is 2.85. The molecule has 3 rings (SSSR count). The molecule has 0 aliphatic carbocycles. The zero-order valence-electron chi connectivity index (χ0n) is 19.3. The maximum Gasteiger partial charge on any atom is 0.314 e. The highest BCUT2D eigenvalue weighted by Crippen LogP contribution is 2.37. The first-order chi connectivity index (χ1) is 14.8. The predicted molar refractivity (Wildman–Crippen MR) is 126 cm³/mol. The van der Waals surface area contributed by atoms with Gasteiger partial charge in [0.2, 0.25) is 0 Å². The standard InChI is InChI=1S/C28H33FO2/c1-6-8-9-26(25-13-12-24(29)15-19(25)4)21-10-11-22-16-23(14-18(3)7-2)20(5)28(30)31-27(22)17-21/h7,9-13,15,17,20,23H,6,8,14,16H2,1-5H3. The van der Waals surface area contributed by atoms with Crippen molar-refractivity contribution >= 4 is 11.5 Å². The largest absolute Gasteiger partial charge is 0.426 e. The lowest BCUT2D eigenvalue weighted by molar-refractivity contribution is -0.139. The summed E-state index contributed by atoms with van der Waals surface area (Å²) in [7, 11) is 0. The van der Waals surface area contributed by atoms with Gasteiger partial charge in [0, 0.05) is 0 Å². The van der Waals surface area contributed by atoms with Crippen LogP contribution < -0.4 is 4.74 Å². The van der Waals surface area contributed by atoms with Gasteiger partial charge in [-0.3, -0.25) is 4.79 Å². The lowest BCUT2D eigenvalue weighted by Gasteiger charge is -2.19. The van der Waals surface area contributed by atoms with E-state index >= 15 is 0 Å². The molecule has 0 bridgehead atoms. The Bertz CT molecular complexity index is 1020. The molecule has 2 nitrogen and oxygen atoms in total. The summed E-state index contributed by atoms with van der Waals surface area (Å²) in [6, 6.07) is 11.1. The maximum absolute atomic E-state index is 13.7. The first kappa shape index (κ1) is 23.0. The second kappa shape index (κ2) is 10.1. The molecule has 0 aromatic heterocycles. The SMILES string of the molecule is CC=C(C)CC1Cc2ccc(C(=CCCC)c3ccc(F)cc3C)cc2OC(=O)C1C. The quantitative estimate of drug-likeness (QED) is 0.276. The minimum absolute atomic E-state index is 0.153. The fourth-order valence-corrected chi connectivity index (χ4v) is 4.22. The number of ether oxygens (including phenoxy) is 1. The van der Waals surface area contributed by atoms with Gasteiger partial charge in [-0.1, -0.05) is 56.2 Å². The number of hydrogen-bond acceptors (Lipinski definition) is 2. The molecule has 0 N–H and O–H groups in total. The van der Waals surface area contributed by atoms with E-state index in [-0.39, 0.29) is 23.6 Å². The van der Waals surface area contributed by atoms with Crippen LogP contribution in [0.1, 0.15) is 69.2 Å². The molecule has 164 valence electrons. The van der Waals surface area contributed by atoms with Crippen molar-refractivity contribution in [1.29, 1.82) is 0 Å². The fourth-order valence-electron chi connectivity index (χ4n) is 4.22. The van der Waals surface area contributed by atoms with E-state index in [1.54, 1.807) is 6.07 Å². The van der Waals surface area contributed by atoms with Gasteiger partial charge in [0.1, 0.15) is 11.6 Å². The van der Waals surface area contributed by atoms with E-state index in [9.17, 15) is 9.18 Å². The monoisotopic (exact) mass is 420 g/mol. The van der Waals surface area contributed by atoms with Crippen LogP contribution in [0.5, 0.6) is 5.75 Å². The molecule has 0 saturated carbocycles. The Morgan fingerprint density at radius 2 is 2.00 bits per heavy atom. The summed E-state index contributed by atoms with van der Waals surface area (Å²) in [4.78, 5) is 12.8. The van der Waals surface area contributed by atoms with Crippen molar-refractivity contribution in [3.63, 3.8) is 0 Å². The zero-order chi connectivity index (χ0) is 22.5. The molecule has 3 heteroatoms. The first-order valence-electron chi connectivity index (χ1n) is 11.3. The van der Waals surface area contributed by atoms with E-state index in [1.807, 2.05) is 32.9 Å². The van der Waals surface area contributed by atoms with Crippen LogP contribution in [0.25, 0.3) is 5.57 Å². The van der Waals surface area contributed by atoms with Gasteiger partial charge in [0.15, 0.2) is 0 Å². The molecule has 31 heavy (non-hydrogen) atoms. The summed E-state index contributed by atoms with van der Waals surface area (Å²) in [5.41, 5.74) is 6.30. The molecule has 0 amide bonds. The van der Waals surface area contributed by atoms with E-state index in [0.29, 0.717) is 5.75 Å². The molecular formula is C28H33FO2. The lowest BCUT2D eigenvalue weighted by atomic mass is 9.83. The summed E-state index contributed by atoms with van der Waals surface area (Å²) in [6.07, 6.45) is 7.96. The van der Waals surface area contributed by atoms with Gasteiger partial charge in [-0.05, 0) is 92.0 Å². The number of carbonyl (C=O) groups excluding carboxylic acids is 1. The Kier molecular flexibility index (Phi) is 7.48. The molecule has 0 fully saturated rings. The van der Waals surface area contributed by atoms with Crippen molar-refractivity contribution < 1.29 is 13.9 Å². The first-order valence-corrected chi connectivity index (χ1v) is 11.3. The molecule has 1 aliphatic heterocycles. The van der Waals surface area contributed by atoms with E-state index in [1.165, 1.54) is 11.6 Å². The smallest absolute Gasteiger partial charge is 0.314 e. The van der Waals surface area contributed by atoms with Gasteiger partial charge in [0.05, 0.1) is 5.92 Å². The number of carbonyl (C=O) groups is 1. The molecule has 0 saturated heterocycles. The number of fused-ring (bicyclic) bond motifs is 1. The van der Waals surface area contributed by atoms with Gasteiger partial charge < -0.3 is 4.74 Å². The third-order valence-electron chi connectivity index (χ3n) is 6.34. The minimum Gasteiger partial charge on any atom is -0.426 e. The Hall–Kier alpha value is -2.68. The van der Waals surface area contributed by atoms with Crippen molar-refractivity contribution in [3.05, 3.63) is 82.2 Å². The highest BCUT2D eigenvalue weighted by Gasteiger charge is 2.31. The molecule has 2 atom stereocenters. The van der Waals surface area contributed by atoms with Crippen molar-refractivity contribution in [2.45, 2.75) is 60.3 Å². The number of hydrogen-bond donors (Lipinski definition) is 0. The van der Waals surface area contributed by atoms with Crippen LogP contribution in [-0.4, -0.2) is 5.97 Å². The number of aryl methyl sites for hydroxylation is 1. The second-order valence-electron chi connectivity index (χ2n) is 8.70. The van der Waals surface area contributed by atoms with Gasteiger partial charge in [-0.25, -0.2) is 4.39 Å². The van der Waals surface area contributed by atoms with Crippen molar-refractivity contribution in [3.8, 4) is 5.75 Å². The molecule has 0 spiro atoms. The number of benzene rings is 2. The van der Waals surface area contributed by atoms with E-state index in [4.69, 9.17) is 4.74 Å². The van der Waals surface area contributed by atoms with Gasteiger partial charge in [0.25, 0.3) is 0 Å². The van der Waals surface area contributed by atoms with Crippen LogP contribution in [0.2, 0.25) is 0 Å². The summed E-state index contributed by atoms with van der Waals surface area (Å²) in [5.74, 6) is 0.327. The third kappa shape index (κ3) is 5.33. The molecule has 1 heterocycles. The van der Waals surface area contributed by atoms with Crippen molar-refractivity contribution in [2.24, 2.45) is 11.8 Å². The topological polar surface area (TPSA) is 26.3 Å². The molecule has 2 aromatic carbocycles. The second-order valence-corrected chi connectivity index (χ2v) is 8.70. The fraction of sp³-hybridized carbons (Fsp3) is 0.393. The number of esters is 1. The number of halogens is 1. The Labute approximate surface area is 185 Å². The zero-order valence-corrected chi connectivity index (χ0v) is 19.3. The molecule has 2 unspecified atom stereocenters. The highest BCUT2D eigenvalue weighted by molar-refractivity contribution is 5.83. The van der Waals surface area contributed by atoms with E-state index < -0.39 is 0 Å². The van der Waals surface area contributed by atoms with Crippen LogP contribution in [0.3, 0.4) is 0 Å². The third-order valence-corrected chi connectivity index (χ3v) is 6.34. The molecule has 0 radical (unpaired) electrons. The molecule has 1 aliphatic rings. The predicted octanol–water partition coefficient (Wildman–Crippen LogP) is 7.44. The van der Waals surface area contributed by atoms with Crippen LogP contribution >= 0.6 is 0 Å². The minimum atomic E-state index is -0.233. The number of rotatable bonds is 6. The van der Waals surface area contributed by atoms with Gasteiger partial charge >= 0.3 is 5.97 Å². The summed E-state index contributed by atoms with van der Waals surface area (Å²) in [6.45, 7) is 10.2. The van der Waals surface area contributed by atoms with E-state index in [2.05, 4.69) is 38.1 Å². The van der Waals surface area contributed by atoms with Crippen LogP contribution in [0.15, 0.2) is 54.1 Å². The Morgan fingerprint density at radius 3 is 2.68 bits per heavy atom. The van der Waals surface area contributed by atoms with Gasteiger partial charge in [-0.15, -0.1) is 0 Å². The van der Waals surface area contributed by atoms with Gasteiger partial charge in [-0.2, -0.15) is 0 Å². The Balaban J connectivity index is 2.02. The summed E-state index contributed by atoms with van der Waals surface area (Å²) < 4.78 is 19.5. The van der Waals surface area contributed by atoms with Crippen LogP contribution in [-0.2, 0) is 11.2 Å². The molecule has 2 aromatic rings. The van der Waals surface area contributed by atoms with E-state index in [0.717, 1.165) is 53.5 Å². The normalized spacial score (nSPS) is 19.6.